The lowest BCUT2D eigenvalue weighted by molar-refractivity contribution is -0.385. The summed E-state index contributed by atoms with van der Waals surface area (Å²) < 4.78 is 41.1. The second-order valence-corrected chi connectivity index (χ2v) is 18.8. The number of nitrogens with zero attached hydrogens (tertiary/aromatic N) is 4. The number of non-ortho nitro benzene ring substituents is 4. The topological polar surface area (TPSA) is 416 Å². The minimum Gasteiger partial charge on any atom is -0.478 e. The van der Waals surface area contributed by atoms with Crippen LogP contribution in [0.5, 0.6) is 0 Å². The summed E-state index contributed by atoms with van der Waals surface area (Å²) in [5.74, 6) is -6.84. The maximum absolute atomic E-state index is 12.2. The second-order valence-electron chi connectivity index (χ2n) is 18.8. The molecule has 28 nitrogen and oxygen atoms in total. The molecule has 0 aromatic heterocycles. The monoisotopic (exact) mass is 1230 g/mol. The van der Waals surface area contributed by atoms with Crippen LogP contribution in [0.25, 0.3) is 0 Å². The van der Waals surface area contributed by atoms with Crippen LogP contribution in [0, 0.1) is 40.5 Å². The van der Waals surface area contributed by atoms with Gasteiger partial charge in [0.15, 0.2) is 0 Å². The molecule has 4 heterocycles. The fourth-order valence-electron chi connectivity index (χ4n) is 9.69. The number of alkyl halides is 2. The molecule has 8 rings (SSSR count). The Morgan fingerprint density at radius 1 is 0.466 bits per heavy atom. The van der Waals surface area contributed by atoms with Gasteiger partial charge in [-0.3, -0.25) is 68.4 Å². The first-order valence-corrected chi connectivity index (χ1v) is 26.0. The Balaban J connectivity index is 0.000000304. The maximum atomic E-state index is 12.2. The van der Waals surface area contributed by atoms with Gasteiger partial charge in [-0.05, 0) is 63.8 Å². The molecule has 4 aromatic carbocycles. The summed E-state index contributed by atoms with van der Waals surface area (Å²) >= 11 is 0. The summed E-state index contributed by atoms with van der Waals surface area (Å²) in [5, 5.41) is 72.1. The molecule has 6 N–H and O–H groups in total. The largest absolute Gasteiger partial charge is 0.478 e. The van der Waals surface area contributed by atoms with Crippen molar-refractivity contribution < 1.29 is 89.3 Å². The van der Waals surface area contributed by atoms with E-state index < -0.39 is 81.5 Å². The molecule has 4 amide bonds. The minimum atomic E-state index is -1.14. The summed E-state index contributed by atoms with van der Waals surface area (Å²) in [6.45, 7) is 10.1. The number of allylic oxidation sites excluding steroid dienone is 4. The van der Waals surface area contributed by atoms with E-state index in [0.29, 0.717) is 44.8 Å². The zero-order valence-electron chi connectivity index (χ0n) is 50.0. The van der Waals surface area contributed by atoms with Crippen molar-refractivity contribution >= 4 is 70.3 Å². The first-order chi connectivity index (χ1) is 42.5. The number of carboxylic acids is 2. The number of rotatable bonds is 14. The molecule has 0 radical (unpaired) electrons. The number of amides is 4. The number of carboxylic acid groups (broad SMARTS) is 2. The number of aliphatic carboxylic acids is 2. The molecule has 4 atom stereocenters. The standard InChI is InChI=1S/2C15H16N2O5.2C13H12N2O5.2CH3F/c2*1-3-22-15(19)14-9(2)16-13(18)8-12(14)10-5-4-6-11(7-10)17(20)21;2*1-7-12(13(17)18)10(6-11(16)14-7)8-3-2-4-9(5-8)15(19)20;2*1-2/h2*4-7,12H,3,8H2,1-2H3,(H,16,18);2*2-5,10H,6H2,1H3,(H,14,16)(H,17,18);2*1H3/t2*12-;2*10-;;/m1010../s1/i;;;;2*1D. The smallest absolute Gasteiger partial charge is 0.336 e. The molecule has 0 aliphatic carbocycles. The SMILES string of the molecule is CC1=C(C(=O)O)[C@@H](c2cccc([N+](=O)[O-])c2)CC(=O)N1.CC1=C(C(=O)O)[C@H](c2cccc([N+](=O)[O-])c2)CC(=O)N1.CCOC(=O)C1=C(C)NC(=O)C[C@@H]1c1cccc([N+](=O)[O-])c1.CCOC(=O)C1=C(C)NC(=O)C[C@H]1c1cccc([N+](=O)[O-])c1.[2H]CF.[2H]CF. The zero-order valence-corrected chi connectivity index (χ0v) is 48.0. The van der Waals surface area contributed by atoms with E-state index in [4.69, 9.17) is 12.2 Å². The highest BCUT2D eigenvalue weighted by atomic mass is 19.1. The van der Waals surface area contributed by atoms with Crippen molar-refractivity contribution in [2.75, 3.05) is 27.5 Å². The fourth-order valence-corrected chi connectivity index (χ4v) is 9.69. The molecule has 4 aliphatic rings. The number of benzene rings is 4. The first kappa shape index (κ1) is 67.8. The third-order valence-corrected chi connectivity index (χ3v) is 13.3. The van der Waals surface area contributed by atoms with Crippen molar-refractivity contribution in [1.82, 2.24) is 21.3 Å². The van der Waals surface area contributed by atoms with Gasteiger partial charge >= 0.3 is 23.9 Å². The van der Waals surface area contributed by atoms with Gasteiger partial charge in [-0.25, -0.2) is 19.2 Å². The Morgan fingerprint density at radius 3 is 0.864 bits per heavy atom. The number of nitro benzene ring substituents is 4. The van der Waals surface area contributed by atoms with Gasteiger partial charge < -0.3 is 41.0 Å². The van der Waals surface area contributed by atoms with E-state index in [1.807, 2.05) is 0 Å². The van der Waals surface area contributed by atoms with Crippen LogP contribution in [0.4, 0.5) is 31.5 Å². The molecule has 0 bridgehead atoms. The predicted molar refractivity (Wildman–Crippen MR) is 308 cm³/mol. The number of esters is 2. The number of hydrogen-bond donors (Lipinski definition) is 6. The van der Waals surface area contributed by atoms with E-state index in [1.165, 1.54) is 86.6 Å². The van der Waals surface area contributed by atoms with E-state index in [9.17, 15) is 97.8 Å². The van der Waals surface area contributed by atoms with E-state index >= 15 is 0 Å². The van der Waals surface area contributed by atoms with Gasteiger partial charge in [0, 0.05) is 121 Å². The van der Waals surface area contributed by atoms with Gasteiger partial charge in [0.2, 0.25) is 23.6 Å². The van der Waals surface area contributed by atoms with Crippen LogP contribution in [0.2, 0.25) is 0 Å². The van der Waals surface area contributed by atoms with Crippen molar-refractivity contribution in [1.29, 1.82) is 0 Å². The number of ether oxygens (including phenoxy) is 2. The average molecular weight is 1230 g/mol. The van der Waals surface area contributed by atoms with E-state index in [1.54, 1.807) is 52.0 Å². The fraction of sp³-hybridized carbons (Fsp3) is 0.310. The van der Waals surface area contributed by atoms with E-state index in [2.05, 4.69) is 21.3 Å². The average Bonchev–Trinajstić information content (AvgIpc) is 0.865. The van der Waals surface area contributed by atoms with Crippen LogP contribution in [0.15, 0.2) is 142 Å². The third kappa shape index (κ3) is 19.0. The highest BCUT2D eigenvalue weighted by Crippen LogP contribution is 2.38. The lowest BCUT2D eigenvalue weighted by Crippen LogP contribution is -2.34. The summed E-state index contributed by atoms with van der Waals surface area (Å²) in [5.41, 5.74) is 3.75. The normalized spacial score (nSPS) is 17.9. The molecule has 88 heavy (non-hydrogen) atoms. The van der Waals surface area contributed by atoms with Crippen LogP contribution in [-0.4, -0.2) is 105 Å². The van der Waals surface area contributed by atoms with Crippen molar-refractivity contribution in [2.45, 2.75) is 90.9 Å². The quantitative estimate of drug-likeness (QED) is 0.0392. The van der Waals surface area contributed by atoms with Crippen molar-refractivity contribution in [3.63, 3.8) is 0 Å². The third-order valence-electron chi connectivity index (χ3n) is 13.3. The minimum absolute atomic E-state index is 0.0415. The lowest BCUT2D eigenvalue weighted by atomic mass is 9.84. The number of carbonyl (C=O) groups excluding carboxylic acids is 6. The van der Waals surface area contributed by atoms with Crippen LogP contribution in [-0.2, 0) is 47.8 Å². The Hall–Kier alpha value is -10.9. The molecular weight excluding hydrogens is 1170 g/mol. The maximum Gasteiger partial charge on any atom is 0.336 e. The molecular formula is C58H62F2N8O20. The molecule has 4 aliphatic heterocycles. The molecule has 0 spiro atoms. The van der Waals surface area contributed by atoms with Crippen LogP contribution < -0.4 is 21.3 Å². The number of halogens is 2. The van der Waals surface area contributed by atoms with Gasteiger partial charge in [0.05, 0.1) is 72.2 Å². The Morgan fingerprint density at radius 2 is 0.670 bits per heavy atom. The summed E-state index contributed by atoms with van der Waals surface area (Å²) in [7, 11) is -2.00. The molecule has 30 heteroatoms. The number of nitro groups is 4. The van der Waals surface area contributed by atoms with E-state index in [-0.39, 0.29) is 108 Å². The number of carbonyl (C=O) groups is 8. The summed E-state index contributed by atoms with van der Waals surface area (Å²) in [6.07, 6.45) is 0.0135. The lowest BCUT2D eigenvalue weighted by Gasteiger charge is -2.26. The molecule has 4 aromatic rings. The number of hydrogen-bond acceptors (Lipinski definition) is 18. The van der Waals surface area contributed by atoms with Gasteiger partial charge in [-0.15, -0.1) is 0 Å². The zero-order chi connectivity index (χ0) is 67.7. The second kappa shape index (κ2) is 33.5. The molecule has 0 unspecified atom stereocenters. The molecule has 0 saturated heterocycles. The van der Waals surface area contributed by atoms with Crippen LogP contribution >= 0.6 is 0 Å². The van der Waals surface area contributed by atoms with Gasteiger partial charge in [-0.2, -0.15) is 0 Å². The highest BCUT2D eigenvalue weighted by Gasteiger charge is 2.37. The molecule has 0 fully saturated rings. The molecule has 468 valence electrons. The van der Waals surface area contributed by atoms with Crippen molar-refractivity contribution in [2.24, 2.45) is 0 Å². The van der Waals surface area contributed by atoms with Crippen LogP contribution in [0.3, 0.4) is 0 Å². The van der Waals surface area contributed by atoms with E-state index in [0.717, 1.165) is 0 Å². The van der Waals surface area contributed by atoms with Crippen molar-refractivity contribution in [3.05, 3.63) is 205 Å². The van der Waals surface area contributed by atoms with Gasteiger partial charge in [-0.1, -0.05) is 48.5 Å². The summed E-state index contributed by atoms with van der Waals surface area (Å²) in [6, 6.07) is 23.3. The highest BCUT2D eigenvalue weighted by molar-refractivity contribution is 5.98. The number of nitrogens with one attached hydrogen (secondary N) is 4. The first-order valence-electron chi connectivity index (χ1n) is 27.4. The van der Waals surface area contributed by atoms with Crippen LogP contribution in [0.1, 0.15) is 116 Å². The Bertz CT molecular complexity index is 3350. The van der Waals surface area contributed by atoms with Gasteiger partial charge in [0.1, 0.15) is 0 Å². The summed E-state index contributed by atoms with van der Waals surface area (Å²) in [4.78, 5) is 135. The van der Waals surface area contributed by atoms with Crippen molar-refractivity contribution in [3.8, 4) is 0 Å². The Kier molecular flexibility index (Phi) is 25.8. The predicted octanol–water partition coefficient (Wildman–Crippen LogP) is 8.36. The van der Waals surface area contributed by atoms with Gasteiger partial charge in [0.25, 0.3) is 22.7 Å². The Labute approximate surface area is 502 Å². The molecule has 0 saturated carbocycles.